The first-order chi connectivity index (χ1) is 9.81. The zero-order valence-corrected chi connectivity index (χ0v) is 14.8. The van der Waals surface area contributed by atoms with Crippen molar-refractivity contribution in [1.82, 2.24) is 4.72 Å². The number of benzene rings is 2. The molecule has 0 aromatic heterocycles. The lowest BCUT2D eigenvalue weighted by molar-refractivity contribution is 0.566. The van der Waals surface area contributed by atoms with Crippen LogP contribution in [-0.4, -0.2) is 8.42 Å². The topological polar surface area (TPSA) is 46.2 Å². The van der Waals surface area contributed by atoms with Gasteiger partial charge in [0.2, 0.25) is 10.0 Å². The van der Waals surface area contributed by atoms with E-state index in [1.807, 2.05) is 24.3 Å². The summed E-state index contributed by atoms with van der Waals surface area (Å²) >= 11 is 9.41. The first kappa shape index (κ1) is 16.5. The average molecular weight is 389 g/mol. The van der Waals surface area contributed by atoms with Gasteiger partial charge in [0.05, 0.1) is 4.90 Å². The predicted molar refractivity (Wildman–Crippen MR) is 89.1 cm³/mol. The van der Waals surface area contributed by atoms with Gasteiger partial charge >= 0.3 is 0 Å². The Hall–Kier alpha value is -0.880. The molecule has 0 aliphatic heterocycles. The van der Waals surface area contributed by atoms with E-state index in [1.165, 1.54) is 0 Å². The highest BCUT2D eigenvalue weighted by atomic mass is 79.9. The molecular weight excluding hydrogens is 374 g/mol. The lowest BCUT2D eigenvalue weighted by Gasteiger charge is -2.17. The monoisotopic (exact) mass is 387 g/mol. The quantitative estimate of drug-likeness (QED) is 0.841. The molecule has 2 rings (SSSR count). The van der Waals surface area contributed by atoms with Crippen LogP contribution in [0.4, 0.5) is 0 Å². The Morgan fingerprint density at radius 1 is 1.19 bits per heavy atom. The van der Waals surface area contributed by atoms with Gasteiger partial charge in [-0.1, -0.05) is 51.8 Å². The second-order valence-electron chi connectivity index (χ2n) is 4.77. The lowest BCUT2D eigenvalue weighted by Crippen LogP contribution is -2.27. The standard InChI is InChI=1S/C15H15BrClNO2S/c1-10-7-8-12(16)9-15(10)21(19,20)18-11(2)13-5-3-4-6-14(13)17/h3-9,11,18H,1-2H3. The largest absolute Gasteiger partial charge is 0.241 e. The van der Waals surface area contributed by atoms with E-state index in [4.69, 9.17) is 11.6 Å². The first-order valence-corrected chi connectivity index (χ1v) is 8.99. The molecule has 1 atom stereocenters. The number of nitrogens with one attached hydrogen (secondary N) is 1. The third kappa shape index (κ3) is 3.86. The van der Waals surface area contributed by atoms with Gasteiger partial charge in [-0.05, 0) is 43.2 Å². The number of halogens is 2. The molecule has 112 valence electrons. The SMILES string of the molecule is Cc1ccc(Br)cc1S(=O)(=O)NC(C)c1ccccc1Cl. The third-order valence-electron chi connectivity index (χ3n) is 3.14. The van der Waals surface area contributed by atoms with E-state index in [-0.39, 0.29) is 4.90 Å². The molecule has 0 radical (unpaired) electrons. The molecule has 2 aromatic carbocycles. The molecule has 0 saturated heterocycles. The Morgan fingerprint density at radius 2 is 1.86 bits per heavy atom. The minimum Gasteiger partial charge on any atom is -0.207 e. The van der Waals surface area contributed by atoms with Gasteiger partial charge in [0.15, 0.2) is 0 Å². The smallest absolute Gasteiger partial charge is 0.207 e. The van der Waals surface area contributed by atoms with E-state index in [0.717, 1.165) is 10.0 Å². The number of sulfonamides is 1. The number of hydrogen-bond acceptors (Lipinski definition) is 2. The van der Waals surface area contributed by atoms with Crippen LogP contribution in [0.1, 0.15) is 24.1 Å². The van der Waals surface area contributed by atoms with Gasteiger partial charge in [-0.2, -0.15) is 0 Å². The van der Waals surface area contributed by atoms with Crippen molar-refractivity contribution in [3.05, 3.63) is 63.1 Å². The molecule has 0 fully saturated rings. The number of rotatable bonds is 4. The van der Waals surface area contributed by atoms with E-state index >= 15 is 0 Å². The van der Waals surface area contributed by atoms with E-state index in [0.29, 0.717) is 10.6 Å². The molecule has 3 nitrogen and oxygen atoms in total. The van der Waals surface area contributed by atoms with Gasteiger partial charge < -0.3 is 0 Å². The van der Waals surface area contributed by atoms with Crippen LogP contribution < -0.4 is 4.72 Å². The van der Waals surface area contributed by atoms with Gasteiger partial charge in [0, 0.05) is 15.5 Å². The molecule has 1 unspecified atom stereocenters. The Bertz CT molecular complexity index is 762. The summed E-state index contributed by atoms with van der Waals surface area (Å²) in [5.74, 6) is 0. The van der Waals surface area contributed by atoms with Crippen LogP contribution >= 0.6 is 27.5 Å². The molecule has 2 aromatic rings. The van der Waals surface area contributed by atoms with Crippen molar-refractivity contribution in [3.8, 4) is 0 Å². The van der Waals surface area contributed by atoms with E-state index in [9.17, 15) is 8.42 Å². The Labute approximate surface area is 138 Å². The van der Waals surface area contributed by atoms with E-state index < -0.39 is 16.1 Å². The second-order valence-corrected chi connectivity index (χ2v) is 7.78. The molecular formula is C15H15BrClNO2S. The molecule has 21 heavy (non-hydrogen) atoms. The van der Waals surface area contributed by atoms with Gasteiger partial charge in [0.25, 0.3) is 0 Å². The van der Waals surface area contributed by atoms with Gasteiger partial charge in [-0.15, -0.1) is 0 Å². The lowest BCUT2D eigenvalue weighted by atomic mass is 10.1. The molecule has 0 aliphatic rings. The second kappa shape index (κ2) is 6.48. The molecule has 0 saturated carbocycles. The number of hydrogen-bond donors (Lipinski definition) is 1. The summed E-state index contributed by atoms with van der Waals surface area (Å²) in [6.07, 6.45) is 0. The van der Waals surface area contributed by atoms with Crippen LogP contribution in [-0.2, 0) is 10.0 Å². The van der Waals surface area contributed by atoms with Crippen molar-refractivity contribution in [3.63, 3.8) is 0 Å². The molecule has 0 aliphatic carbocycles. The maximum Gasteiger partial charge on any atom is 0.241 e. The summed E-state index contributed by atoms with van der Waals surface area (Å²) < 4.78 is 28.4. The fourth-order valence-corrected chi connectivity index (χ4v) is 4.35. The summed E-state index contributed by atoms with van der Waals surface area (Å²) in [7, 11) is -3.62. The van der Waals surface area contributed by atoms with Crippen LogP contribution in [0.25, 0.3) is 0 Å². The highest BCUT2D eigenvalue weighted by Crippen LogP contribution is 2.26. The van der Waals surface area contributed by atoms with Crippen molar-refractivity contribution < 1.29 is 8.42 Å². The summed E-state index contributed by atoms with van der Waals surface area (Å²) in [5.41, 5.74) is 1.44. The minimum atomic E-state index is -3.62. The molecule has 0 heterocycles. The zero-order chi connectivity index (χ0) is 15.6. The van der Waals surface area contributed by atoms with Gasteiger partial charge in [-0.25, -0.2) is 13.1 Å². The summed E-state index contributed by atoms with van der Waals surface area (Å²) in [4.78, 5) is 0.260. The Kier molecular flexibility index (Phi) is 5.09. The van der Waals surface area contributed by atoms with E-state index in [2.05, 4.69) is 20.7 Å². The molecule has 6 heteroatoms. The molecule has 0 amide bonds. The summed E-state index contributed by atoms with van der Waals surface area (Å²) in [6.45, 7) is 3.53. The zero-order valence-electron chi connectivity index (χ0n) is 11.6. The molecule has 0 bridgehead atoms. The van der Waals surface area contributed by atoms with Gasteiger partial charge in [-0.3, -0.25) is 0 Å². The summed E-state index contributed by atoms with van der Waals surface area (Å²) in [5, 5.41) is 0.540. The normalized spacial score (nSPS) is 13.1. The highest BCUT2D eigenvalue weighted by Gasteiger charge is 2.21. The van der Waals surface area contributed by atoms with Crippen molar-refractivity contribution in [1.29, 1.82) is 0 Å². The fraction of sp³-hybridized carbons (Fsp3) is 0.200. The molecule has 0 spiro atoms. The van der Waals surface area contributed by atoms with Crippen molar-refractivity contribution in [2.24, 2.45) is 0 Å². The fourth-order valence-electron chi connectivity index (χ4n) is 2.05. The minimum absolute atomic E-state index is 0.260. The van der Waals surface area contributed by atoms with Crippen molar-refractivity contribution >= 4 is 37.6 Å². The van der Waals surface area contributed by atoms with Crippen LogP contribution in [0.5, 0.6) is 0 Å². The maximum absolute atomic E-state index is 12.5. The number of aryl methyl sites for hydroxylation is 1. The van der Waals surface area contributed by atoms with Crippen LogP contribution in [0.15, 0.2) is 51.8 Å². The maximum atomic E-state index is 12.5. The molecule has 1 N–H and O–H groups in total. The third-order valence-corrected chi connectivity index (χ3v) is 5.66. The highest BCUT2D eigenvalue weighted by molar-refractivity contribution is 9.10. The summed E-state index contributed by atoms with van der Waals surface area (Å²) in [6, 6.07) is 11.9. The Balaban J connectivity index is 2.34. The van der Waals surface area contributed by atoms with Crippen molar-refractivity contribution in [2.45, 2.75) is 24.8 Å². The van der Waals surface area contributed by atoms with Crippen molar-refractivity contribution in [2.75, 3.05) is 0 Å². The first-order valence-electron chi connectivity index (χ1n) is 6.34. The van der Waals surface area contributed by atoms with Crippen LogP contribution in [0.2, 0.25) is 5.02 Å². The van der Waals surface area contributed by atoms with Crippen LogP contribution in [0, 0.1) is 6.92 Å². The Morgan fingerprint density at radius 3 is 2.52 bits per heavy atom. The van der Waals surface area contributed by atoms with Gasteiger partial charge in [0.1, 0.15) is 0 Å². The van der Waals surface area contributed by atoms with Crippen LogP contribution in [0.3, 0.4) is 0 Å². The van der Waals surface area contributed by atoms with E-state index in [1.54, 1.807) is 32.0 Å². The average Bonchev–Trinajstić information content (AvgIpc) is 2.41. The predicted octanol–water partition coefficient (Wildman–Crippen LogP) is 4.45.